The van der Waals surface area contributed by atoms with Crippen LogP contribution in [0.2, 0.25) is 0 Å². The van der Waals surface area contributed by atoms with E-state index in [1.807, 2.05) is 0 Å². The van der Waals surface area contributed by atoms with Crippen molar-refractivity contribution in [1.82, 2.24) is 9.27 Å². The molecule has 2 fully saturated rings. The van der Waals surface area contributed by atoms with Gasteiger partial charge in [-0.25, -0.2) is 0 Å². The van der Waals surface area contributed by atoms with Crippen LogP contribution in [-0.2, 0) is 0 Å². The van der Waals surface area contributed by atoms with Gasteiger partial charge in [-0.1, -0.05) is 12.1 Å². The van der Waals surface area contributed by atoms with Gasteiger partial charge in [0.15, 0.2) is 0 Å². The van der Waals surface area contributed by atoms with Gasteiger partial charge >= 0.3 is 0 Å². The molecule has 2 unspecified atom stereocenters. The second-order valence-electron chi connectivity index (χ2n) is 5.31. The van der Waals surface area contributed by atoms with Crippen LogP contribution in [0, 0.1) is 0 Å². The Morgan fingerprint density at radius 1 is 1.22 bits per heavy atom. The molecule has 0 amide bonds. The average molecular weight is 259 g/mol. The molecule has 2 aliphatic rings. The summed E-state index contributed by atoms with van der Waals surface area (Å²) < 4.78 is 4.51. The molecule has 2 aliphatic heterocycles. The van der Waals surface area contributed by atoms with Crippen LogP contribution in [0.1, 0.15) is 19.3 Å². The van der Waals surface area contributed by atoms with E-state index in [4.69, 9.17) is 0 Å². The number of rotatable bonds is 2. The van der Waals surface area contributed by atoms with E-state index >= 15 is 0 Å². The molecule has 0 saturated carbocycles. The van der Waals surface area contributed by atoms with Crippen LogP contribution in [0.15, 0.2) is 24.3 Å². The first kappa shape index (κ1) is 10.8. The molecule has 3 nitrogen and oxygen atoms in total. The summed E-state index contributed by atoms with van der Waals surface area (Å²) in [6.45, 7) is 2.56. The zero-order valence-corrected chi connectivity index (χ0v) is 11.1. The topological polar surface area (TPSA) is 28.2 Å². The summed E-state index contributed by atoms with van der Waals surface area (Å²) >= 11 is 1.60. The molecule has 94 valence electrons. The summed E-state index contributed by atoms with van der Waals surface area (Å²) in [6.07, 6.45) is 4.00. The van der Waals surface area contributed by atoms with Crippen molar-refractivity contribution < 1.29 is 0 Å². The highest BCUT2D eigenvalue weighted by Crippen LogP contribution is 2.34. The van der Waals surface area contributed by atoms with Gasteiger partial charge in [-0.2, -0.15) is 4.37 Å². The predicted molar refractivity (Wildman–Crippen MR) is 76.2 cm³/mol. The van der Waals surface area contributed by atoms with Crippen molar-refractivity contribution in [2.75, 3.05) is 18.4 Å². The number of hydrogen-bond donors (Lipinski definition) is 1. The molecule has 1 aromatic carbocycles. The molecule has 2 atom stereocenters. The fraction of sp³-hybridized carbons (Fsp3) is 0.500. The van der Waals surface area contributed by atoms with Gasteiger partial charge in [0.05, 0.1) is 5.52 Å². The molecule has 0 radical (unpaired) electrons. The number of anilines is 1. The summed E-state index contributed by atoms with van der Waals surface area (Å²) in [5.74, 6) is 0. The molecule has 0 spiro atoms. The Bertz CT molecular complexity index is 565. The second-order valence-corrected chi connectivity index (χ2v) is 6.09. The van der Waals surface area contributed by atoms with Crippen molar-refractivity contribution >= 4 is 27.4 Å². The summed E-state index contributed by atoms with van der Waals surface area (Å²) in [7, 11) is 0. The number of aromatic nitrogens is 1. The summed E-state index contributed by atoms with van der Waals surface area (Å²) in [5.41, 5.74) is 1.12. The summed E-state index contributed by atoms with van der Waals surface area (Å²) in [5, 5.41) is 6.28. The molecule has 1 N–H and O–H groups in total. The van der Waals surface area contributed by atoms with Gasteiger partial charge < -0.3 is 5.32 Å². The molecular formula is C14H17N3S. The van der Waals surface area contributed by atoms with Gasteiger partial charge in [0.1, 0.15) is 5.00 Å². The van der Waals surface area contributed by atoms with Crippen LogP contribution >= 0.6 is 11.5 Å². The molecule has 0 aliphatic carbocycles. The monoisotopic (exact) mass is 259 g/mol. The van der Waals surface area contributed by atoms with Gasteiger partial charge in [-0.3, -0.25) is 4.90 Å². The van der Waals surface area contributed by atoms with E-state index in [2.05, 4.69) is 38.9 Å². The lowest BCUT2D eigenvalue weighted by molar-refractivity contribution is 0.318. The van der Waals surface area contributed by atoms with Crippen LogP contribution in [0.25, 0.3) is 10.9 Å². The largest absolute Gasteiger partial charge is 0.371 e. The molecule has 2 saturated heterocycles. The Morgan fingerprint density at radius 3 is 3.17 bits per heavy atom. The van der Waals surface area contributed by atoms with Crippen LogP contribution < -0.4 is 5.32 Å². The van der Waals surface area contributed by atoms with Crippen molar-refractivity contribution in [3.8, 4) is 0 Å². The van der Waals surface area contributed by atoms with Crippen LogP contribution in [0.4, 0.5) is 5.00 Å². The third kappa shape index (κ3) is 1.63. The van der Waals surface area contributed by atoms with Gasteiger partial charge in [-0.15, -0.1) is 0 Å². The standard InChI is InChI=1S/C14H17N3S/c1-2-5-11-10(4-1)14(18-16-11)15-12-7-9-17-8-3-6-13(12)17/h1-2,4-5,12-13,15H,3,6-9H2. The Morgan fingerprint density at radius 2 is 2.17 bits per heavy atom. The maximum Gasteiger partial charge on any atom is 0.117 e. The van der Waals surface area contributed by atoms with Crippen LogP contribution in [-0.4, -0.2) is 34.4 Å². The number of benzene rings is 1. The van der Waals surface area contributed by atoms with Gasteiger partial charge in [0.2, 0.25) is 0 Å². The fourth-order valence-electron chi connectivity index (χ4n) is 3.41. The van der Waals surface area contributed by atoms with Crippen molar-refractivity contribution in [3.63, 3.8) is 0 Å². The highest BCUT2D eigenvalue weighted by Gasteiger charge is 2.37. The quantitative estimate of drug-likeness (QED) is 0.898. The van der Waals surface area contributed by atoms with E-state index in [9.17, 15) is 0 Å². The van der Waals surface area contributed by atoms with Crippen molar-refractivity contribution in [2.24, 2.45) is 0 Å². The van der Waals surface area contributed by atoms with E-state index in [0.717, 1.165) is 11.6 Å². The lowest BCUT2D eigenvalue weighted by Crippen LogP contribution is -2.33. The fourth-order valence-corrected chi connectivity index (χ4v) is 4.24. The zero-order valence-electron chi connectivity index (χ0n) is 10.3. The van der Waals surface area contributed by atoms with E-state index in [-0.39, 0.29) is 0 Å². The lowest BCUT2D eigenvalue weighted by Gasteiger charge is -2.21. The predicted octanol–water partition coefficient (Wildman–Crippen LogP) is 2.94. The van der Waals surface area contributed by atoms with Gasteiger partial charge in [0, 0.05) is 24.0 Å². The first-order valence-electron chi connectivity index (χ1n) is 6.77. The Hall–Kier alpha value is -1.13. The normalized spacial score (nSPS) is 27.8. The molecule has 3 heterocycles. The molecule has 4 heteroatoms. The minimum atomic E-state index is 0.622. The smallest absolute Gasteiger partial charge is 0.117 e. The van der Waals surface area contributed by atoms with Crippen molar-refractivity contribution in [1.29, 1.82) is 0 Å². The first-order chi connectivity index (χ1) is 8.92. The van der Waals surface area contributed by atoms with Crippen LogP contribution in [0.5, 0.6) is 0 Å². The Balaban J connectivity index is 1.61. The minimum absolute atomic E-state index is 0.622. The number of fused-ring (bicyclic) bond motifs is 2. The number of hydrogen-bond acceptors (Lipinski definition) is 4. The van der Waals surface area contributed by atoms with E-state index in [0.29, 0.717) is 6.04 Å². The maximum atomic E-state index is 4.51. The third-order valence-corrected chi connectivity index (χ3v) is 5.11. The molecule has 0 bridgehead atoms. The Kier molecular flexibility index (Phi) is 2.52. The van der Waals surface area contributed by atoms with Gasteiger partial charge in [0.25, 0.3) is 0 Å². The average Bonchev–Trinajstić information content (AvgIpc) is 3.08. The molecule has 4 rings (SSSR count). The SMILES string of the molecule is c1ccc2c(NC3CCN4CCCC34)snc2c1. The summed E-state index contributed by atoms with van der Waals surface area (Å²) in [6, 6.07) is 9.79. The highest BCUT2D eigenvalue weighted by atomic mass is 32.1. The first-order valence-corrected chi connectivity index (χ1v) is 7.54. The van der Waals surface area contributed by atoms with Crippen molar-refractivity contribution in [2.45, 2.75) is 31.3 Å². The summed E-state index contributed by atoms with van der Waals surface area (Å²) in [4.78, 5) is 2.64. The third-order valence-electron chi connectivity index (χ3n) is 4.31. The number of nitrogens with zero attached hydrogens (tertiary/aromatic N) is 2. The second kappa shape index (κ2) is 4.21. The lowest BCUT2D eigenvalue weighted by atomic mass is 10.1. The van der Waals surface area contributed by atoms with Crippen LogP contribution in [0.3, 0.4) is 0 Å². The molecule has 1 aromatic heterocycles. The Labute approximate surface area is 111 Å². The maximum absolute atomic E-state index is 4.51. The van der Waals surface area contributed by atoms with E-state index < -0.39 is 0 Å². The number of nitrogens with one attached hydrogen (secondary N) is 1. The van der Waals surface area contributed by atoms with E-state index in [1.54, 1.807) is 11.5 Å². The van der Waals surface area contributed by atoms with Gasteiger partial charge in [-0.05, 0) is 49.5 Å². The highest BCUT2D eigenvalue weighted by molar-refractivity contribution is 7.11. The zero-order chi connectivity index (χ0) is 11.9. The van der Waals surface area contributed by atoms with Crippen molar-refractivity contribution in [3.05, 3.63) is 24.3 Å². The molecule has 2 aromatic rings. The van der Waals surface area contributed by atoms with E-state index in [1.165, 1.54) is 42.7 Å². The molecule has 18 heavy (non-hydrogen) atoms. The minimum Gasteiger partial charge on any atom is -0.371 e. The molecular weight excluding hydrogens is 242 g/mol.